The summed E-state index contributed by atoms with van der Waals surface area (Å²) in [6, 6.07) is 0.636. The third-order valence-corrected chi connectivity index (χ3v) is 3.44. The number of hydrogen-bond donors (Lipinski definition) is 1. The molecule has 1 N–H and O–H groups in total. The van der Waals surface area contributed by atoms with E-state index in [2.05, 4.69) is 10.2 Å². The Morgan fingerprint density at radius 1 is 1.20 bits per heavy atom. The van der Waals surface area contributed by atoms with E-state index in [0.717, 1.165) is 13.2 Å². The van der Waals surface area contributed by atoms with Crippen LogP contribution in [0.4, 0.5) is 0 Å². The lowest BCUT2D eigenvalue weighted by molar-refractivity contribution is 0.107. The third-order valence-electron chi connectivity index (χ3n) is 3.44. The molecule has 15 heavy (non-hydrogen) atoms. The van der Waals surface area contributed by atoms with Crippen LogP contribution < -0.4 is 5.32 Å². The van der Waals surface area contributed by atoms with Crippen LogP contribution in [0.25, 0.3) is 0 Å². The Morgan fingerprint density at radius 2 is 2.07 bits per heavy atom. The molecule has 0 aromatic carbocycles. The van der Waals surface area contributed by atoms with Crippen molar-refractivity contribution in [2.75, 3.05) is 39.4 Å². The molecular weight excluding hydrogens is 188 g/mol. The van der Waals surface area contributed by atoms with Crippen LogP contribution in [0, 0.1) is 0 Å². The van der Waals surface area contributed by atoms with E-state index in [1.165, 1.54) is 58.3 Å². The van der Waals surface area contributed by atoms with Gasteiger partial charge < -0.3 is 15.0 Å². The van der Waals surface area contributed by atoms with E-state index >= 15 is 0 Å². The minimum atomic E-state index is 0.636. The molecule has 2 saturated heterocycles. The fourth-order valence-electron chi connectivity index (χ4n) is 2.52. The quantitative estimate of drug-likeness (QED) is 0.670. The summed E-state index contributed by atoms with van der Waals surface area (Å²) >= 11 is 0. The summed E-state index contributed by atoms with van der Waals surface area (Å²) in [5.41, 5.74) is 0. The molecule has 88 valence electrons. The van der Waals surface area contributed by atoms with Crippen LogP contribution in [0.1, 0.15) is 32.1 Å². The van der Waals surface area contributed by atoms with Gasteiger partial charge in [0.1, 0.15) is 0 Å². The zero-order chi connectivity index (χ0) is 10.3. The number of ether oxygens (including phenoxy) is 1. The number of nitrogens with one attached hydrogen (secondary N) is 1. The second kappa shape index (κ2) is 6.46. The van der Waals surface area contributed by atoms with Gasteiger partial charge in [0.25, 0.3) is 0 Å². The van der Waals surface area contributed by atoms with Crippen LogP contribution in [-0.4, -0.2) is 50.3 Å². The van der Waals surface area contributed by atoms with Gasteiger partial charge in [0, 0.05) is 19.2 Å². The Kier molecular flexibility index (Phi) is 4.90. The molecule has 1 unspecified atom stereocenters. The molecule has 0 amide bonds. The van der Waals surface area contributed by atoms with E-state index in [1.807, 2.05) is 0 Å². The molecule has 2 fully saturated rings. The van der Waals surface area contributed by atoms with Crippen molar-refractivity contribution in [1.29, 1.82) is 0 Å². The van der Waals surface area contributed by atoms with Crippen molar-refractivity contribution >= 4 is 0 Å². The van der Waals surface area contributed by atoms with Gasteiger partial charge in [-0.1, -0.05) is 0 Å². The fourth-order valence-corrected chi connectivity index (χ4v) is 2.52. The Hall–Kier alpha value is -0.120. The first kappa shape index (κ1) is 11.4. The highest BCUT2D eigenvalue weighted by molar-refractivity contribution is 4.73. The van der Waals surface area contributed by atoms with Gasteiger partial charge in [-0.25, -0.2) is 0 Å². The van der Waals surface area contributed by atoms with Crippen LogP contribution in [0.2, 0.25) is 0 Å². The van der Waals surface area contributed by atoms with Crippen molar-refractivity contribution in [3.63, 3.8) is 0 Å². The average Bonchev–Trinajstić information content (AvgIpc) is 2.88. The van der Waals surface area contributed by atoms with Gasteiger partial charge >= 0.3 is 0 Å². The summed E-state index contributed by atoms with van der Waals surface area (Å²) in [6.07, 6.45) is 6.61. The van der Waals surface area contributed by atoms with Gasteiger partial charge in [-0.05, 0) is 51.7 Å². The molecule has 0 saturated carbocycles. The predicted octanol–water partition coefficient (Wildman–Crippen LogP) is 1.24. The minimum Gasteiger partial charge on any atom is -0.380 e. The number of hydrogen-bond acceptors (Lipinski definition) is 3. The molecule has 2 heterocycles. The second-order valence-corrected chi connectivity index (χ2v) is 4.77. The van der Waals surface area contributed by atoms with Crippen LogP contribution >= 0.6 is 0 Å². The smallest absolute Gasteiger partial charge is 0.0619 e. The molecule has 2 aliphatic heterocycles. The molecule has 1 atom stereocenters. The molecule has 0 bridgehead atoms. The van der Waals surface area contributed by atoms with E-state index in [0.29, 0.717) is 6.04 Å². The van der Waals surface area contributed by atoms with E-state index in [1.54, 1.807) is 0 Å². The molecule has 2 aliphatic rings. The van der Waals surface area contributed by atoms with Gasteiger partial charge in [0.2, 0.25) is 0 Å². The predicted molar refractivity (Wildman–Crippen MR) is 62.1 cm³/mol. The van der Waals surface area contributed by atoms with Gasteiger partial charge in [0.05, 0.1) is 6.61 Å². The van der Waals surface area contributed by atoms with Crippen molar-refractivity contribution in [3.8, 4) is 0 Å². The highest BCUT2D eigenvalue weighted by atomic mass is 16.5. The average molecular weight is 212 g/mol. The highest BCUT2D eigenvalue weighted by Gasteiger charge is 2.14. The molecular formula is C12H24N2O. The summed E-state index contributed by atoms with van der Waals surface area (Å²) in [5.74, 6) is 0. The van der Waals surface area contributed by atoms with Crippen LogP contribution in [0.15, 0.2) is 0 Å². The zero-order valence-corrected chi connectivity index (χ0v) is 9.71. The molecule has 0 aliphatic carbocycles. The minimum absolute atomic E-state index is 0.636. The molecule has 3 heteroatoms. The maximum Gasteiger partial charge on any atom is 0.0619 e. The monoisotopic (exact) mass is 212 g/mol. The lowest BCUT2D eigenvalue weighted by Crippen LogP contribution is -2.27. The molecule has 3 nitrogen and oxygen atoms in total. The van der Waals surface area contributed by atoms with E-state index < -0.39 is 0 Å². The van der Waals surface area contributed by atoms with Crippen molar-refractivity contribution in [2.45, 2.75) is 38.1 Å². The SMILES string of the molecule is C1CNC(COCCCN2CCCC2)C1. The summed E-state index contributed by atoms with van der Waals surface area (Å²) in [4.78, 5) is 2.55. The lowest BCUT2D eigenvalue weighted by atomic mass is 10.2. The first-order chi connectivity index (χ1) is 7.45. The molecule has 2 rings (SSSR count). The summed E-state index contributed by atoms with van der Waals surface area (Å²) in [7, 11) is 0. The first-order valence-corrected chi connectivity index (χ1v) is 6.48. The van der Waals surface area contributed by atoms with Gasteiger partial charge in [0.15, 0.2) is 0 Å². The van der Waals surface area contributed by atoms with Crippen molar-refractivity contribution in [2.24, 2.45) is 0 Å². The van der Waals surface area contributed by atoms with Crippen molar-refractivity contribution in [1.82, 2.24) is 10.2 Å². The van der Waals surface area contributed by atoms with Gasteiger partial charge in [-0.2, -0.15) is 0 Å². The summed E-state index contributed by atoms with van der Waals surface area (Å²) in [6.45, 7) is 6.89. The Labute approximate surface area is 93.2 Å². The second-order valence-electron chi connectivity index (χ2n) is 4.77. The van der Waals surface area contributed by atoms with Crippen LogP contribution in [0.3, 0.4) is 0 Å². The van der Waals surface area contributed by atoms with E-state index in [9.17, 15) is 0 Å². The van der Waals surface area contributed by atoms with Crippen LogP contribution in [0.5, 0.6) is 0 Å². The Morgan fingerprint density at radius 3 is 2.80 bits per heavy atom. The summed E-state index contributed by atoms with van der Waals surface area (Å²) < 4.78 is 5.69. The first-order valence-electron chi connectivity index (χ1n) is 6.48. The van der Waals surface area contributed by atoms with Crippen molar-refractivity contribution < 1.29 is 4.74 Å². The number of likely N-dealkylation sites (tertiary alicyclic amines) is 1. The lowest BCUT2D eigenvalue weighted by Gasteiger charge is -2.15. The zero-order valence-electron chi connectivity index (χ0n) is 9.71. The summed E-state index contributed by atoms with van der Waals surface area (Å²) in [5, 5.41) is 3.45. The number of nitrogens with zero attached hydrogens (tertiary/aromatic N) is 1. The van der Waals surface area contributed by atoms with Crippen molar-refractivity contribution in [3.05, 3.63) is 0 Å². The maximum absolute atomic E-state index is 5.69. The van der Waals surface area contributed by atoms with E-state index in [4.69, 9.17) is 4.74 Å². The molecule has 0 aromatic rings. The molecule has 0 spiro atoms. The number of rotatable bonds is 6. The Bertz CT molecular complexity index is 145. The third kappa shape index (κ3) is 4.09. The van der Waals surface area contributed by atoms with Gasteiger partial charge in [-0.15, -0.1) is 0 Å². The Balaban J connectivity index is 1.41. The van der Waals surface area contributed by atoms with Crippen LogP contribution in [-0.2, 0) is 4.74 Å². The highest BCUT2D eigenvalue weighted by Crippen LogP contribution is 2.08. The molecule has 0 aromatic heterocycles. The fraction of sp³-hybridized carbons (Fsp3) is 1.00. The topological polar surface area (TPSA) is 24.5 Å². The standard InChI is InChI=1S/C12H24N2O/c1-2-8-14(7-1)9-4-10-15-11-12-5-3-6-13-12/h12-13H,1-11H2. The largest absolute Gasteiger partial charge is 0.380 e. The normalized spacial score (nSPS) is 27.6. The maximum atomic E-state index is 5.69. The van der Waals surface area contributed by atoms with E-state index in [-0.39, 0.29) is 0 Å². The van der Waals surface area contributed by atoms with Gasteiger partial charge in [-0.3, -0.25) is 0 Å². The molecule has 0 radical (unpaired) electrons.